The number of esters is 1. The molecule has 0 fully saturated rings. The summed E-state index contributed by atoms with van der Waals surface area (Å²) in [6.45, 7) is 4.18. The fourth-order valence-corrected chi connectivity index (χ4v) is 2.32. The normalized spacial score (nSPS) is 14.8. The quantitative estimate of drug-likeness (QED) is 0.295. The van der Waals surface area contributed by atoms with Gasteiger partial charge < -0.3 is 42.0 Å². The van der Waals surface area contributed by atoms with Gasteiger partial charge in [-0.25, -0.2) is 0 Å². The molecule has 1 aromatic carbocycles. The van der Waals surface area contributed by atoms with Crippen molar-refractivity contribution in [2.75, 3.05) is 7.11 Å². The summed E-state index contributed by atoms with van der Waals surface area (Å²) in [5, 5.41) is 0. The molecule has 0 heterocycles. The zero-order chi connectivity index (χ0) is 11.7. The molecule has 6 heteroatoms. The van der Waals surface area contributed by atoms with Crippen LogP contribution in [0.2, 0.25) is 0 Å². The predicted molar refractivity (Wildman–Crippen MR) is 62.9 cm³/mol. The van der Waals surface area contributed by atoms with E-state index in [1.165, 1.54) is 18.2 Å². The van der Waals surface area contributed by atoms with Gasteiger partial charge in [-0.3, -0.25) is 4.79 Å². The number of halogens is 3. The van der Waals surface area contributed by atoms with Crippen LogP contribution in [-0.2, 0) is 31.2 Å². The second kappa shape index (κ2) is 10.7. The minimum Gasteiger partial charge on any atom is -1.00 e. The Bertz CT molecular complexity index is 475. The predicted octanol–water partition coefficient (Wildman–Crippen LogP) is -6.05. The van der Waals surface area contributed by atoms with Crippen LogP contribution in [0.25, 0.3) is 5.57 Å². The summed E-state index contributed by atoms with van der Waals surface area (Å²) in [5.74, 6) is 0.126. The van der Waals surface area contributed by atoms with Crippen LogP contribution in [0, 0.1) is 6.07 Å². The molecule has 0 radical (unpaired) electrons. The molecule has 0 bridgehead atoms. The first-order chi connectivity index (χ1) is 7.65. The van der Waals surface area contributed by atoms with E-state index in [9.17, 15) is 4.79 Å². The second-order valence-electron chi connectivity index (χ2n) is 4.13. The summed E-state index contributed by atoms with van der Waals surface area (Å²) in [6.07, 6.45) is 0.381. The Kier molecular flexibility index (Phi) is 13.4. The molecule has 0 saturated heterocycles. The molecule has 20 heavy (non-hydrogen) atoms. The molecule has 108 valence electrons. The maximum absolute atomic E-state index is 11.3. The van der Waals surface area contributed by atoms with Gasteiger partial charge in [0.05, 0.1) is 13.5 Å². The van der Waals surface area contributed by atoms with Crippen LogP contribution in [-0.4, -0.2) is 13.1 Å². The number of hydrogen-bond donors (Lipinski definition) is 0. The standard InChI is InChI=1S/C14H15O2.3ClH.Ti/c1-9-11-6-4-5-7-12(11)10(2)13(9)8-14(15)16-3;;;;/h4-6,9H,8H2,1-3H3;3*1H;/q-1;;;;+4/p-3. The maximum Gasteiger partial charge on any atom is 4.00 e. The fourth-order valence-electron chi connectivity index (χ4n) is 2.32. The minimum atomic E-state index is -0.172. The molecule has 2 rings (SSSR count). The number of rotatable bonds is 2. The number of carbonyl (C=O) groups is 1. The maximum atomic E-state index is 11.3. The first kappa shape index (κ1) is 25.0. The molecular weight excluding hydrogens is 354 g/mol. The van der Waals surface area contributed by atoms with E-state index < -0.39 is 0 Å². The Balaban J connectivity index is -0.000000722. The summed E-state index contributed by atoms with van der Waals surface area (Å²) < 4.78 is 4.72. The largest absolute Gasteiger partial charge is 4.00 e. The van der Waals surface area contributed by atoms with Crippen molar-refractivity contribution in [1.29, 1.82) is 0 Å². The van der Waals surface area contributed by atoms with Crippen LogP contribution < -0.4 is 37.2 Å². The zero-order valence-electron chi connectivity index (χ0n) is 11.5. The third kappa shape index (κ3) is 4.78. The summed E-state index contributed by atoms with van der Waals surface area (Å²) in [5.41, 5.74) is 4.74. The van der Waals surface area contributed by atoms with E-state index >= 15 is 0 Å². The van der Waals surface area contributed by atoms with Gasteiger partial charge in [0.25, 0.3) is 0 Å². The van der Waals surface area contributed by atoms with E-state index in [0.717, 1.165) is 11.1 Å². The molecule has 1 atom stereocenters. The molecule has 0 amide bonds. The van der Waals surface area contributed by atoms with Crippen LogP contribution in [0.15, 0.2) is 23.8 Å². The van der Waals surface area contributed by atoms with Crippen LogP contribution in [0.5, 0.6) is 0 Å². The van der Waals surface area contributed by atoms with Gasteiger partial charge in [-0.05, 0) is 5.92 Å². The number of methoxy groups -OCH3 is 1. The molecule has 0 aromatic heterocycles. The van der Waals surface area contributed by atoms with Crippen molar-refractivity contribution in [2.24, 2.45) is 0 Å². The smallest absolute Gasteiger partial charge is 1.00 e. The Morgan fingerprint density at radius 1 is 1.35 bits per heavy atom. The third-order valence-corrected chi connectivity index (χ3v) is 3.30. The minimum absolute atomic E-state index is 0. The van der Waals surface area contributed by atoms with Gasteiger partial charge in [-0.2, -0.15) is 0 Å². The molecule has 1 unspecified atom stereocenters. The van der Waals surface area contributed by atoms with Gasteiger partial charge in [0, 0.05) is 0 Å². The number of carbonyl (C=O) groups excluding carboxylic acids is 1. The van der Waals surface area contributed by atoms with Crippen molar-refractivity contribution < 1.29 is 68.5 Å². The molecule has 2 nitrogen and oxygen atoms in total. The third-order valence-electron chi connectivity index (χ3n) is 3.30. The molecule has 1 aromatic rings. The van der Waals surface area contributed by atoms with Crippen molar-refractivity contribution in [2.45, 2.75) is 26.2 Å². The van der Waals surface area contributed by atoms with Crippen molar-refractivity contribution in [3.05, 3.63) is 41.0 Å². The molecule has 1 aliphatic carbocycles. The van der Waals surface area contributed by atoms with Gasteiger partial charge in [-0.1, -0.05) is 19.4 Å². The molecule has 0 saturated carbocycles. The van der Waals surface area contributed by atoms with Crippen LogP contribution in [0.1, 0.15) is 37.3 Å². The molecule has 0 N–H and O–H groups in total. The molecule has 0 spiro atoms. The van der Waals surface area contributed by atoms with Crippen molar-refractivity contribution in [3.63, 3.8) is 0 Å². The summed E-state index contributed by atoms with van der Waals surface area (Å²) in [7, 11) is 1.43. The van der Waals surface area contributed by atoms with Crippen LogP contribution in [0.3, 0.4) is 0 Å². The molecule has 1 aliphatic rings. The average molecular weight is 369 g/mol. The molecule has 0 aliphatic heterocycles. The first-order valence-corrected chi connectivity index (χ1v) is 5.42. The van der Waals surface area contributed by atoms with E-state index in [1.807, 2.05) is 12.1 Å². The summed E-state index contributed by atoms with van der Waals surface area (Å²) in [4.78, 5) is 11.3. The second-order valence-corrected chi connectivity index (χ2v) is 4.13. The van der Waals surface area contributed by atoms with Crippen LogP contribution >= 0.6 is 0 Å². The van der Waals surface area contributed by atoms with E-state index in [-0.39, 0.29) is 64.9 Å². The van der Waals surface area contributed by atoms with Crippen LogP contribution in [0.4, 0.5) is 0 Å². The van der Waals surface area contributed by atoms with Crippen molar-refractivity contribution in [1.82, 2.24) is 0 Å². The van der Waals surface area contributed by atoms with Gasteiger partial charge in [0.15, 0.2) is 0 Å². The van der Waals surface area contributed by atoms with E-state index in [1.54, 1.807) is 0 Å². The van der Waals surface area contributed by atoms with Gasteiger partial charge in [0.2, 0.25) is 0 Å². The number of hydrogen-bond acceptors (Lipinski definition) is 2. The first-order valence-electron chi connectivity index (χ1n) is 5.42. The Morgan fingerprint density at radius 3 is 2.45 bits per heavy atom. The zero-order valence-corrected chi connectivity index (χ0v) is 15.3. The Morgan fingerprint density at radius 2 is 1.95 bits per heavy atom. The Hall–Kier alpha value is 0.0143. The number of benzene rings is 1. The topological polar surface area (TPSA) is 26.3 Å². The van der Waals surface area contributed by atoms with Crippen molar-refractivity contribution in [3.8, 4) is 0 Å². The van der Waals surface area contributed by atoms with Gasteiger partial charge >= 0.3 is 27.7 Å². The van der Waals surface area contributed by atoms with E-state index in [4.69, 9.17) is 4.74 Å². The van der Waals surface area contributed by atoms with Gasteiger partial charge in [0.1, 0.15) is 0 Å². The fraction of sp³-hybridized carbons (Fsp3) is 0.357. The van der Waals surface area contributed by atoms with Crippen molar-refractivity contribution >= 4 is 11.5 Å². The SMILES string of the molecule is COC(=O)CC1=C(C)c2[c-]cccc2C1C.[Cl-].[Cl-].[Cl-].[Ti+4]. The van der Waals surface area contributed by atoms with E-state index in [0.29, 0.717) is 12.3 Å². The number of ether oxygens (including phenoxy) is 1. The van der Waals surface area contributed by atoms with Gasteiger partial charge in [-0.15, -0.1) is 41.0 Å². The molecular formula is C14H15Cl3O2Ti. The Labute approximate surface area is 153 Å². The van der Waals surface area contributed by atoms with E-state index in [2.05, 4.69) is 26.0 Å². The summed E-state index contributed by atoms with van der Waals surface area (Å²) in [6, 6.07) is 9.24. The summed E-state index contributed by atoms with van der Waals surface area (Å²) >= 11 is 0. The monoisotopic (exact) mass is 368 g/mol. The number of allylic oxidation sites excluding steroid dienone is 1. The number of fused-ring (bicyclic) bond motifs is 1. The average Bonchev–Trinajstić information content (AvgIpc) is 2.55.